The van der Waals surface area contributed by atoms with Gasteiger partial charge in [-0.05, 0) is 66.7 Å². The van der Waals surface area contributed by atoms with Gasteiger partial charge in [-0.1, -0.05) is 0 Å². The lowest BCUT2D eigenvalue weighted by molar-refractivity contribution is 0.233. The van der Waals surface area contributed by atoms with E-state index < -0.39 is 12.4 Å². The predicted molar refractivity (Wildman–Crippen MR) is 160 cm³/mol. The first-order chi connectivity index (χ1) is 19.4. The molecule has 5 rings (SSSR count). The molecule has 0 bridgehead atoms. The summed E-state index contributed by atoms with van der Waals surface area (Å²) >= 11 is 0. The Hall–Kier alpha value is -5.30. The van der Waals surface area contributed by atoms with Crippen molar-refractivity contribution in [3.63, 3.8) is 0 Å². The van der Waals surface area contributed by atoms with Gasteiger partial charge in [0.05, 0.1) is 24.5 Å². The summed E-state index contributed by atoms with van der Waals surface area (Å²) in [7, 11) is 0. The lowest BCUT2D eigenvalue weighted by Crippen LogP contribution is -2.28. The summed E-state index contributed by atoms with van der Waals surface area (Å²) in [5, 5.41) is 28.6. The molecule has 1 unspecified atom stereocenters. The van der Waals surface area contributed by atoms with Crippen LogP contribution in [0.3, 0.4) is 0 Å². The molecule has 40 heavy (non-hydrogen) atoms. The number of amidine groups is 2. The first kappa shape index (κ1) is 26.3. The SMILES string of the molecule is NC(N)=Nc1ccc(NC(=O)Nc2ccc(C3=NCCN3)cc2)cc1NC(O)Nc1ccc(C2=NCCN2)cc1. The highest BCUT2D eigenvalue weighted by atomic mass is 16.3. The minimum atomic E-state index is -1.19. The molecule has 0 aliphatic carbocycles. The van der Waals surface area contributed by atoms with Crippen LogP contribution in [0.2, 0.25) is 0 Å². The van der Waals surface area contributed by atoms with E-state index in [1.165, 1.54) is 0 Å². The van der Waals surface area contributed by atoms with Crippen LogP contribution in [0.1, 0.15) is 11.1 Å². The van der Waals surface area contributed by atoms with Crippen LogP contribution in [0, 0.1) is 0 Å². The molecule has 3 aromatic carbocycles. The third-order valence-electron chi connectivity index (χ3n) is 6.02. The molecule has 0 saturated heterocycles. The molecular weight excluding hydrogens is 510 g/mol. The average molecular weight is 542 g/mol. The summed E-state index contributed by atoms with van der Waals surface area (Å²) in [5.41, 5.74) is 15.6. The van der Waals surface area contributed by atoms with Crippen molar-refractivity contribution < 1.29 is 9.90 Å². The topological polar surface area (TPSA) is 199 Å². The zero-order valence-electron chi connectivity index (χ0n) is 21.6. The van der Waals surface area contributed by atoms with Crippen LogP contribution < -0.4 is 43.4 Å². The van der Waals surface area contributed by atoms with Crippen LogP contribution in [0.25, 0.3) is 0 Å². The van der Waals surface area contributed by atoms with Gasteiger partial charge in [-0.2, -0.15) is 0 Å². The van der Waals surface area contributed by atoms with Crippen molar-refractivity contribution in [2.24, 2.45) is 26.4 Å². The van der Waals surface area contributed by atoms with E-state index in [4.69, 9.17) is 11.5 Å². The van der Waals surface area contributed by atoms with Crippen molar-refractivity contribution in [3.8, 4) is 0 Å². The molecule has 2 aliphatic heterocycles. The van der Waals surface area contributed by atoms with Crippen LogP contribution >= 0.6 is 0 Å². The number of guanidine groups is 1. The largest absolute Gasteiger partial charge is 0.370 e. The maximum Gasteiger partial charge on any atom is 0.323 e. The van der Waals surface area contributed by atoms with Gasteiger partial charge in [-0.15, -0.1) is 0 Å². The first-order valence-electron chi connectivity index (χ1n) is 12.7. The molecule has 2 amide bonds. The fraction of sp³-hybridized carbons (Fsp3) is 0.185. The van der Waals surface area contributed by atoms with Crippen molar-refractivity contribution in [1.29, 1.82) is 0 Å². The zero-order valence-corrected chi connectivity index (χ0v) is 21.6. The third kappa shape index (κ3) is 6.76. The maximum atomic E-state index is 12.7. The molecule has 0 fully saturated rings. The molecule has 2 aliphatic rings. The second-order valence-electron chi connectivity index (χ2n) is 9.01. The number of aliphatic hydroxyl groups is 1. The average Bonchev–Trinajstić information content (AvgIpc) is 3.66. The molecule has 0 saturated carbocycles. The highest BCUT2D eigenvalue weighted by Crippen LogP contribution is 2.29. The lowest BCUT2D eigenvalue weighted by atomic mass is 10.2. The Morgan fingerprint density at radius 2 is 1.35 bits per heavy atom. The minimum Gasteiger partial charge on any atom is -0.370 e. The Morgan fingerprint density at radius 1 is 0.800 bits per heavy atom. The summed E-state index contributed by atoms with van der Waals surface area (Å²) < 4.78 is 0. The number of benzene rings is 3. The number of amides is 2. The number of nitrogens with one attached hydrogen (secondary N) is 6. The van der Waals surface area contributed by atoms with Gasteiger partial charge in [0.2, 0.25) is 6.35 Å². The number of carbonyl (C=O) groups is 1. The second-order valence-corrected chi connectivity index (χ2v) is 9.01. The molecule has 13 nitrogen and oxygen atoms in total. The number of rotatable bonds is 9. The smallest absolute Gasteiger partial charge is 0.323 e. The molecule has 3 aromatic rings. The van der Waals surface area contributed by atoms with Crippen LogP contribution in [0.4, 0.5) is 33.2 Å². The molecule has 2 heterocycles. The molecule has 0 radical (unpaired) electrons. The number of carbonyl (C=O) groups excluding carboxylic acids is 1. The number of anilines is 4. The Kier molecular flexibility index (Phi) is 7.92. The summed E-state index contributed by atoms with van der Waals surface area (Å²) in [6, 6.07) is 19.3. The normalized spacial score (nSPS) is 14.6. The number of aliphatic imine (C=N–C) groups is 3. The minimum absolute atomic E-state index is 0.148. The predicted octanol–water partition coefficient (Wildman–Crippen LogP) is 1.73. The molecule has 0 aromatic heterocycles. The third-order valence-corrected chi connectivity index (χ3v) is 6.02. The molecule has 1 atom stereocenters. The highest BCUT2D eigenvalue weighted by Gasteiger charge is 2.13. The molecule has 11 N–H and O–H groups in total. The van der Waals surface area contributed by atoms with Gasteiger partial charge in [-0.25, -0.2) is 9.79 Å². The van der Waals surface area contributed by atoms with Gasteiger partial charge < -0.3 is 48.5 Å². The quantitative estimate of drug-likeness (QED) is 0.111. The van der Waals surface area contributed by atoms with Gasteiger partial charge >= 0.3 is 6.03 Å². The standard InChI is InChI=1S/C27H31N11O2/c28-25(29)37-21-10-9-20(36-26(39)34-18-5-1-16(2-6-18)23-30-11-12-31-23)15-22(21)38-27(40)35-19-7-3-17(4-8-19)24-32-13-14-33-24/h1-10,15,27,35,38,40H,11-14H2,(H,30,31)(H,32,33)(H4,28,29,37)(H2,34,36,39). The molecule has 206 valence electrons. The van der Waals surface area contributed by atoms with Crippen molar-refractivity contribution in [3.05, 3.63) is 77.9 Å². The van der Waals surface area contributed by atoms with E-state index in [1.807, 2.05) is 36.4 Å². The van der Waals surface area contributed by atoms with E-state index in [0.717, 1.165) is 49.0 Å². The van der Waals surface area contributed by atoms with Crippen molar-refractivity contribution >= 4 is 52.1 Å². The summed E-state index contributed by atoms with van der Waals surface area (Å²) in [5.74, 6) is 1.56. The van der Waals surface area contributed by atoms with Crippen molar-refractivity contribution in [2.75, 3.05) is 47.4 Å². The van der Waals surface area contributed by atoms with E-state index in [-0.39, 0.29) is 5.96 Å². The van der Waals surface area contributed by atoms with Gasteiger partial charge in [0.25, 0.3) is 0 Å². The number of hydrogen-bond acceptors (Lipinski definition) is 9. The number of hydrogen-bond donors (Lipinski definition) is 9. The van der Waals surface area contributed by atoms with Crippen molar-refractivity contribution in [2.45, 2.75) is 6.35 Å². The van der Waals surface area contributed by atoms with Crippen molar-refractivity contribution in [1.82, 2.24) is 10.6 Å². The Balaban J connectivity index is 1.23. The van der Waals surface area contributed by atoms with Gasteiger partial charge in [0.15, 0.2) is 5.96 Å². The molecular formula is C27H31N11O2. The summed E-state index contributed by atoms with van der Waals surface area (Å²) in [6.07, 6.45) is -1.19. The van der Waals surface area contributed by atoms with E-state index in [1.54, 1.807) is 30.3 Å². The number of aliphatic hydroxyl groups excluding tert-OH is 1. The van der Waals surface area contributed by atoms with Crippen LogP contribution in [0.5, 0.6) is 0 Å². The number of nitrogens with zero attached hydrogens (tertiary/aromatic N) is 3. The highest BCUT2D eigenvalue weighted by molar-refractivity contribution is 6.02. The Bertz CT molecular complexity index is 1450. The zero-order chi connectivity index (χ0) is 27.9. The van der Waals surface area contributed by atoms with E-state index in [9.17, 15) is 9.90 Å². The van der Waals surface area contributed by atoms with Crippen LogP contribution in [-0.4, -0.2) is 61.3 Å². The molecule has 13 heteroatoms. The van der Waals surface area contributed by atoms with Gasteiger partial charge in [-0.3, -0.25) is 9.98 Å². The fourth-order valence-corrected chi connectivity index (χ4v) is 4.22. The Morgan fingerprint density at radius 3 is 1.90 bits per heavy atom. The van der Waals surface area contributed by atoms with Gasteiger partial charge in [0, 0.05) is 41.3 Å². The second kappa shape index (κ2) is 12.0. The number of urea groups is 1. The van der Waals surface area contributed by atoms with E-state index in [0.29, 0.717) is 28.4 Å². The summed E-state index contributed by atoms with van der Waals surface area (Å²) in [6.45, 7) is 3.16. The lowest BCUT2D eigenvalue weighted by Gasteiger charge is -2.19. The van der Waals surface area contributed by atoms with Gasteiger partial charge in [0.1, 0.15) is 11.7 Å². The van der Waals surface area contributed by atoms with Crippen LogP contribution in [0.15, 0.2) is 81.7 Å². The first-order valence-corrected chi connectivity index (χ1v) is 12.7. The fourth-order valence-electron chi connectivity index (χ4n) is 4.22. The monoisotopic (exact) mass is 541 g/mol. The maximum absolute atomic E-state index is 12.7. The molecule has 0 spiro atoms. The van der Waals surface area contributed by atoms with E-state index in [2.05, 4.69) is 46.9 Å². The number of nitrogens with two attached hydrogens (primary N) is 2. The summed E-state index contributed by atoms with van der Waals surface area (Å²) in [4.78, 5) is 25.6. The van der Waals surface area contributed by atoms with Crippen LogP contribution in [-0.2, 0) is 0 Å². The Labute approximate surface area is 230 Å². The van der Waals surface area contributed by atoms with E-state index >= 15 is 0 Å².